The van der Waals surface area contributed by atoms with Gasteiger partial charge >= 0.3 is 5.97 Å². The van der Waals surface area contributed by atoms with Gasteiger partial charge in [-0.1, -0.05) is 6.42 Å². The fourth-order valence-corrected chi connectivity index (χ4v) is 2.83. The fraction of sp³-hybridized carbons (Fsp3) is 0.765. The summed E-state index contributed by atoms with van der Waals surface area (Å²) in [5.74, 6) is -2.71. The molecule has 0 aromatic heterocycles. The molecule has 0 aliphatic heterocycles. The maximum Gasteiger partial charge on any atom is 0.322 e. The minimum Gasteiger partial charge on any atom is -0.480 e. The van der Waals surface area contributed by atoms with E-state index in [4.69, 9.17) is 16.6 Å². The van der Waals surface area contributed by atoms with Crippen LogP contribution in [0.5, 0.6) is 0 Å². The molecule has 168 valence electrons. The van der Waals surface area contributed by atoms with Crippen LogP contribution in [0.3, 0.4) is 0 Å². The third-order valence-electron chi connectivity index (χ3n) is 4.03. The summed E-state index contributed by atoms with van der Waals surface area (Å²) in [4.78, 5) is 47.6. The molecule has 12 heteroatoms. The second kappa shape index (κ2) is 15.0. The highest BCUT2D eigenvalue weighted by atomic mass is 32.2. The molecule has 0 radical (unpaired) electrons. The first-order chi connectivity index (χ1) is 13.6. The van der Waals surface area contributed by atoms with Crippen molar-refractivity contribution in [1.82, 2.24) is 16.0 Å². The van der Waals surface area contributed by atoms with E-state index < -0.39 is 54.5 Å². The summed E-state index contributed by atoms with van der Waals surface area (Å²) in [6, 6.07) is -3.12. The number of amides is 3. The van der Waals surface area contributed by atoms with E-state index in [1.807, 2.05) is 6.26 Å². The van der Waals surface area contributed by atoms with Crippen molar-refractivity contribution in [3.8, 4) is 0 Å². The Balaban J connectivity index is 5.03. The zero-order valence-electron chi connectivity index (χ0n) is 16.8. The topological polar surface area (TPSA) is 197 Å². The number of aliphatic carboxylic acids is 1. The predicted molar refractivity (Wildman–Crippen MR) is 110 cm³/mol. The van der Waals surface area contributed by atoms with E-state index in [-0.39, 0.29) is 6.42 Å². The highest BCUT2D eigenvalue weighted by Gasteiger charge is 2.30. The highest BCUT2D eigenvalue weighted by Crippen LogP contribution is 2.05. The van der Waals surface area contributed by atoms with E-state index >= 15 is 0 Å². The third-order valence-corrected chi connectivity index (χ3v) is 4.67. The third kappa shape index (κ3) is 11.6. The van der Waals surface area contributed by atoms with E-state index in [1.165, 1.54) is 18.7 Å². The number of nitrogens with one attached hydrogen (secondary N) is 3. The molecule has 4 atom stereocenters. The zero-order valence-corrected chi connectivity index (χ0v) is 17.7. The maximum absolute atomic E-state index is 12.6. The molecule has 9 N–H and O–H groups in total. The Morgan fingerprint density at radius 2 is 1.69 bits per heavy atom. The molecule has 0 bridgehead atoms. The van der Waals surface area contributed by atoms with Crippen LogP contribution in [-0.4, -0.2) is 83.2 Å². The number of aliphatic hydroxyl groups is 1. The average Bonchev–Trinajstić information content (AvgIpc) is 2.66. The molecule has 3 amide bonds. The van der Waals surface area contributed by atoms with Gasteiger partial charge in [-0.05, 0) is 44.7 Å². The summed E-state index contributed by atoms with van der Waals surface area (Å²) in [5.41, 5.74) is 11.3. The smallest absolute Gasteiger partial charge is 0.322 e. The lowest BCUT2D eigenvalue weighted by molar-refractivity contribution is -0.139. The number of thioether (sulfide) groups is 1. The highest BCUT2D eigenvalue weighted by molar-refractivity contribution is 7.98. The van der Waals surface area contributed by atoms with E-state index in [2.05, 4.69) is 16.0 Å². The van der Waals surface area contributed by atoms with Gasteiger partial charge in [0.05, 0.1) is 12.1 Å². The largest absolute Gasteiger partial charge is 0.480 e. The quantitative estimate of drug-likeness (QED) is 0.139. The lowest BCUT2D eigenvalue weighted by Gasteiger charge is -2.25. The van der Waals surface area contributed by atoms with Crippen LogP contribution in [0.25, 0.3) is 0 Å². The zero-order chi connectivity index (χ0) is 22.4. The molecule has 0 aromatic carbocycles. The van der Waals surface area contributed by atoms with E-state index in [1.54, 1.807) is 0 Å². The Morgan fingerprint density at radius 3 is 2.21 bits per heavy atom. The second-order valence-corrected chi connectivity index (χ2v) is 7.56. The molecule has 0 aliphatic rings. The molecule has 0 fully saturated rings. The van der Waals surface area contributed by atoms with Crippen molar-refractivity contribution < 1.29 is 29.4 Å². The SMILES string of the molecule is CSCCC(NC(=O)C(N)CCCCN)C(=O)NC(C(=O)NCC(=O)O)C(C)O. The average molecular weight is 436 g/mol. The number of unbranched alkanes of at least 4 members (excludes halogenated alkanes) is 1. The van der Waals surface area contributed by atoms with Gasteiger partial charge in [-0.15, -0.1) is 0 Å². The van der Waals surface area contributed by atoms with Gasteiger partial charge in [0.2, 0.25) is 17.7 Å². The lowest BCUT2D eigenvalue weighted by atomic mass is 10.1. The number of carboxylic acids is 1. The molecule has 0 saturated heterocycles. The summed E-state index contributed by atoms with van der Waals surface area (Å²) in [6.07, 6.45) is 2.70. The van der Waals surface area contributed by atoms with Crippen LogP contribution in [0.15, 0.2) is 0 Å². The minimum atomic E-state index is -1.37. The molecule has 0 aliphatic carbocycles. The van der Waals surface area contributed by atoms with Gasteiger partial charge in [-0.2, -0.15) is 11.8 Å². The molecule has 0 rings (SSSR count). The summed E-state index contributed by atoms with van der Waals surface area (Å²) in [6.45, 7) is 1.13. The summed E-state index contributed by atoms with van der Waals surface area (Å²) in [7, 11) is 0. The van der Waals surface area contributed by atoms with Crippen LogP contribution in [0, 0.1) is 0 Å². The van der Waals surface area contributed by atoms with Gasteiger partial charge in [-0.25, -0.2) is 0 Å². The van der Waals surface area contributed by atoms with Crippen molar-refractivity contribution in [2.24, 2.45) is 11.5 Å². The van der Waals surface area contributed by atoms with Crippen LogP contribution < -0.4 is 27.4 Å². The first-order valence-electron chi connectivity index (χ1n) is 9.36. The van der Waals surface area contributed by atoms with Crippen molar-refractivity contribution >= 4 is 35.5 Å². The number of nitrogens with two attached hydrogens (primary N) is 2. The summed E-state index contributed by atoms with van der Waals surface area (Å²) < 4.78 is 0. The number of hydrogen-bond acceptors (Lipinski definition) is 8. The Kier molecular flexibility index (Phi) is 14.0. The first kappa shape index (κ1) is 27.1. The van der Waals surface area contributed by atoms with Crippen LogP contribution in [0.4, 0.5) is 0 Å². The fourth-order valence-electron chi connectivity index (χ4n) is 2.35. The van der Waals surface area contributed by atoms with Crippen LogP contribution in [0.2, 0.25) is 0 Å². The van der Waals surface area contributed by atoms with Crippen molar-refractivity contribution in [3.63, 3.8) is 0 Å². The molecule has 29 heavy (non-hydrogen) atoms. The van der Waals surface area contributed by atoms with E-state index in [9.17, 15) is 24.3 Å². The standard InChI is InChI=1S/C17H33N5O6S/c1-10(23)14(17(28)20-9-13(24)25)22-16(27)12(6-8-29-2)21-15(26)11(19)5-3-4-7-18/h10-12,14,23H,3-9,18-19H2,1-2H3,(H,20,28)(H,21,26)(H,22,27)(H,24,25). The van der Waals surface area contributed by atoms with Gasteiger partial charge in [0, 0.05) is 0 Å². The Labute approximate surface area is 174 Å². The summed E-state index contributed by atoms with van der Waals surface area (Å²) >= 11 is 1.47. The summed E-state index contributed by atoms with van der Waals surface area (Å²) in [5, 5.41) is 25.5. The van der Waals surface area contributed by atoms with E-state index in [0.29, 0.717) is 25.1 Å². The molecule has 0 spiro atoms. The van der Waals surface area contributed by atoms with Gasteiger partial charge in [0.1, 0.15) is 18.6 Å². The number of carboxylic acid groups (broad SMARTS) is 1. The Morgan fingerprint density at radius 1 is 1.03 bits per heavy atom. The van der Waals surface area contributed by atoms with Crippen LogP contribution in [0.1, 0.15) is 32.6 Å². The second-order valence-electron chi connectivity index (χ2n) is 6.57. The normalized spacial score (nSPS) is 14.9. The molecule has 4 unspecified atom stereocenters. The number of carbonyl (C=O) groups is 4. The van der Waals surface area contributed by atoms with Crippen molar-refractivity contribution in [2.75, 3.05) is 25.1 Å². The van der Waals surface area contributed by atoms with Gasteiger partial charge in [-0.3, -0.25) is 19.2 Å². The molecule has 11 nitrogen and oxygen atoms in total. The van der Waals surface area contributed by atoms with Crippen LogP contribution in [-0.2, 0) is 19.2 Å². The molecular weight excluding hydrogens is 402 g/mol. The monoisotopic (exact) mass is 435 g/mol. The maximum atomic E-state index is 12.6. The van der Waals surface area contributed by atoms with Crippen LogP contribution >= 0.6 is 11.8 Å². The van der Waals surface area contributed by atoms with E-state index in [0.717, 1.165) is 6.42 Å². The van der Waals surface area contributed by atoms with Crippen molar-refractivity contribution in [2.45, 2.75) is 56.8 Å². The number of carbonyl (C=O) groups excluding carboxylic acids is 3. The Bertz CT molecular complexity index is 548. The van der Waals surface area contributed by atoms with Crippen molar-refractivity contribution in [1.29, 1.82) is 0 Å². The molecule has 0 heterocycles. The number of rotatable bonds is 15. The first-order valence-corrected chi connectivity index (χ1v) is 10.8. The molecule has 0 aromatic rings. The van der Waals surface area contributed by atoms with Gasteiger partial charge in [0.25, 0.3) is 0 Å². The van der Waals surface area contributed by atoms with Gasteiger partial charge < -0.3 is 37.6 Å². The van der Waals surface area contributed by atoms with Gasteiger partial charge in [0.15, 0.2) is 0 Å². The molecule has 0 saturated carbocycles. The van der Waals surface area contributed by atoms with Crippen molar-refractivity contribution in [3.05, 3.63) is 0 Å². The number of aliphatic hydroxyl groups excluding tert-OH is 1. The number of hydrogen-bond donors (Lipinski definition) is 7. The Hall–Kier alpha value is -1.89. The predicted octanol–water partition coefficient (Wildman–Crippen LogP) is -2.25. The minimum absolute atomic E-state index is 0.289. The lowest BCUT2D eigenvalue weighted by Crippen LogP contribution is -2.58. The molecular formula is C17H33N5O6S.